The van der Waals surface area contributed by atoms with Crippen molar-refractivity contribution in [3.05, 3.63) is 34.1 Å². The number of nitrogens with zero attached hydrogens (tertiary/aromatic N) is 2. The van der Waals surface area contributed by atoms with Crippen molar-refractivity contribution in [3.8, 4) is 0 Å². The predicted octanol–water partition coefficient (Wildman–Crippen LogP) is 7.13. The molecule has 7 nitrogen and oxygen atoms in total. The van der Waals surface area contributed by atoms with Crippen molar-refractivity contribution in [2.45, 2.75) is 102 Å². The molecule has 3 atom stereocenters. The van der Waals surface area contributed by atoms with Gasteiger partial charge in [-0.05, 0) is 79.1 Å². The molecule has 1 aliphatic carbocycles. The van der Waals surface area contributed by atoms with Crippen molar-refractivity contribution in [2.24, 2.45) is 10.9 Å². The predicted molar refractivity (Wildman–Crippen MR) is 162 cm³/mol. The Balaban J connectivity index is 2.08. The molecule has 1 aromatic rings. The van der Waals surface area contributed by atoms with E-state index < -0.39 is 41.4 Å². The van der Waals surface area contributed by atoms with E-state index in [1.807, 2.05) is 27.7 Å². The number of hydrogen-bond acceptors (Lipinski definition) is 6. The molecule has 1 fully saturated rings. The van der Waals surface area contributed by atoms with Gasteiger partial charge in [0.1, 0.15) is 22.9 Å². The normalized spacial score (nSPS) is 24.9. The van der Waals surface area contributed by atoms with Gasteiger partial charge >= 0.3 is 6.09 Å². The number of amidine groups is 1. The molecular weight excluding hydrogens is 601 g/mol. The van der Waals surface area contributed by atoms with E-state index in [2.05, 4.69) is 40.9 Å². The van der Waals surface area contributed by atoms with Gasteiger partial charge < -0.3 is 14.8 Å². The van der Waals surface area contributed by atoms with E-state index in [0.717, 1.165) is 6.04 Å². The first-order chi connectivity index (χ1) is 17.7. The number of nitrogens with one attached hydrogen (secondary N) is 1. The molecule has 1 saturated carbocycles. The molecule has 0 radical (unpaired) electrons. The average molecular weight is 645 g/mol. The van der Waals surface area contributed by atoms with Crippen LogP contribution in [0.2, 0.25) is 25.7 Å². The molecule has 1 N–H and O–H groups in total. The highest BCUT2D eigenvalue weighted by atomic mass is 79.9. The number of halogens is 2. The van der Waals surface area contributed by atoms with Crippen molar-refractivity contribution in [3.63, 3.8) is 0 Å². The lowest BCUT2D eigenvalue weighted by atomic mass is 9.85. The topological polar surface area (TPSA) is 80.2 Å². The second-order valence-corrected chi connectivity index (χ2v) is 21.7. The van der Waals surface area contributed by atoms with Crippen LogP contribution in [-0.2, 0) is 19.8 Å². The zero-order chi connectivity index (χ0) is 29.6. The van der Waals surface area contributed by atoms with E-state index in [1.165, 1.54) is 22.7 Å². The molecule has 2 aliphatic rings. The summed E-state index contributed by atoms with van der Waals surface area (Å²) in [4.78, 5) is 33.6. The van der Waals surface area contributed by atoms with Gasteiger partial charge in [0, 0.05) is 36.2 Å². The maximum absolute atomic E-state index is 15.3. The van der Waals surface area contributed by atoms with Crippen LogP contribution in [0, 0.1) is 11.7 Å². The number of carbonyl (C=O) groups excluding carboxylic acids is 2. The first-order valence-corrected chi connectivity index (χ1v) is 18.6. The number of amides is 2. The Morgan fingerprint density at radius 2 is 1.87 bits per heavy atom. The summed E-state index contributed by atoms with van der Waals surface area (Å²) in [5.74, 6) is -0.830. The molecule has 1 aliphatic heterocycles. The first-order valence-electron chi connectivity index (χ1n) is 13.3. The number of rotatable bonds is 7. The summed E-state index contributed by atoms with van der Waals surface area (Å²) in [6, 6.07) is 5.66. The van der Waals surface area contributed by atoms with Crippen molar-refractivity contribution < 1.29 is 23.5 Å². The Kier molecular flexibility index (Phi) is 9.13. The Morgan fingerprint density at radius 3 is 2.44 bits per heavy atom. The summed E-state index contributed by atoms with van der Waals surface area (Å²) < 4.78 is 26.8. The highest BCUT2D eigenvalue weighted by Gasteiger charge is 2.71. The van der Waals surface area contributed by atoms with Gasteiger partial charge in [0.2, 0.25) is 5.91 Å². The third-order valence-electron chi connectivity index (χ3n) is 6.60. The van der Waals surface area contributed by atoms with Crippen LogP contribution in [0.4, 0.5) is 9.18 Å². The van der Waals surface area contributed by atoms with E-state index in [9.17, 15) is 9.59 Å². The molecule has 3 rings (SSSR count). The van der Waals surface area contributed by atoms with Crippen LogP contribution in [0.15, 0.2) is 27.7 Å². The van der Waals surface area contributed by atoms with Gasteiger partial charge in [-0.15, -0.1) is 0 Å². The summed E-state index contributed by atoms with van der Waals surface area (Å²) in [7, 11) is -1.36. The lowest BCUT2D eigenvalue weighted by Gasteiger charge is -2.38. The molecule has 39 heavy (non-hydrogen) atoms. The minimum atomic E-state index is -1.36. The monoisotopic (exact) mass is 643 g/mol. The molecule has 0 aromatic heterocycles. The fourth-order valence-electron chi connectivity index (χ4n) is 4.50. The Labute approximate surface area is 246 Å². The van der Waals surface area contributed by atoms with Crippen LogP contribution in [0.25, 0.3) is 0 Å². The van der Waals surface area contributed by atoms with E-state index >= 15 is 4.39 Å². The van der Waals surface area contributed by atoms with Gasteiger partial charge in [-0.2, -0.15) is 0 Å². The largest absolute Gasteiger partial charge is 0.443 e. The van der Waals surface area contributed by atoms with Gasteiger partial charge in [0.25, 0.3) is 0 Å². The number of hydrogen-bond donors (Lipinski definition) is 1. The molecule has 0 saturated heterocycles. The Hall–Kier alpha value is -1.43. The smallest absolute Gasteiger partial charge is 0.418 e. The highest BCUT2D eigenvalue weighted by molar-refractivity contribution is 9.10. The van der Waals surface area contributed by atoms with Crippen LogP contribution < -0.4 is 5.32 Å². The van der Waals surface area contributed by atoms with Crippen molar-refractivity contribution in [1.82, 2.24) is 10.2 Å². The summed E-state index contributed by atoms with van der Waals surface area (Å²) >= 11 is 4.71. The van der Waals surface area contributed by atoms with Crippen molar-refractivity contribution in [1.29, 1.82) is 0 Å². The van der Waals surface area contributed by atoms with Crippen LogP contribution >= 0.6 is 27.7 Å². The molecule has 11 heteroatoms. The van der Waals surface area contributed by atoms with Gasteiger partial charge in [-0.3, -0.25) is 9.79 Å². The second-order valence-electron chi connectivity index (χ2n) is 13.9. The van der Waals surface area contributed by atoms with Gasteiger partial charge in [-0.1, -0.05) is 47.3 Å². The van der Waals surface area contributed by atoms with Crippen LogP contribution in [-0.4, -0.2) is 59.4 Å². The SMILES string of the molecule is CC(C)(C)NC(=O)[C@]12CC1[C@@](C)(c1cc(Br)ccc1F)N=C(N(COCC[Si](C)(C)C)C(=O)OC(C)(C)C)S2. The van der Waals surface area contributed by atoms with Crippen LogP contribution in [0.5, 0.6) is 0 Å². The first kappa shape index (κ1) is 32.1. The summed E-state index contributed by atoms with van der Waals surface area (Å²) in [6.07, 6.45) is -0.127. The molecule has 1 aromatic carbocycles. The number of aliphatic imine (C=N–C) groups is 1. The summed E-state index contributed by atoms with van der Waals surface area (Å²) in [5, 5.41) is 3.39. The minimum absolute atomic E-state index is 0.0795. The Morgan fingerprint density at radius 1 is 1.23 bits per heavy atom. The lowest BCUT2D eigenvalue weighted by molar-refractivity contribution is -0.123. The van der Waals surface area contributed by atoms with Crippen LogP contribution in [0.3, 0.4) is 0 Å². The third-order valence-corrected chi connectivity index (χ3v) is 10.3. The lowest BCUT2D eigenvalue weighted by Crippen LogP contribution is -2.52. The molecular formula is C28H43BrFN3O4SSi. The maximum Gasteiger partial charge on any atom is 0.418 e. The number of benzene rings is 1. The van der Waals surface area contributed by atoms with E-state index in [4.69, 9.17) is 14.5 Å². The number of fused-ring (bicyclic) bond motifs is 1. The van der Waals surface area contributed by atoms with E-state index in [1.54, 1.807) is 32.9 Å². The second kappa shape index (κ2) is 11.1. The molecule has 1 heterocycles. The number of thioether (sulfide) groups is 1. The molecule has 218 valence electrons. The number of carbonyl (C=O) groups is 2. The van der Waals surface area contributed by atoms with Crippen molar-refractivity contribution >= 4 is 52.9 Å². The Bertz CT molecular complexity index is 1150. The zero-order valence-corrected chi connectivity index (χ0v) is 28.2. The summed E-state index contributed by atoms with van der Waals surface area (Å²) in [6.45, 7) is 20.2. The van der Waals surface area contributed by atoms with Gasteiger partial charge in [0.05, 0.1) is 5.54 Å². The summed E-state index contributed by atoms with van der Waals surface area (Å²) in [5.41, 5.74) is -1.94. The minimum Gasteiger partial charge on any atom is -0.443 e. The molecule has 1 unspecified atom stereocenters. The number of ether oxygens (including phenoxy) is 2. The van der Waals surface area contributed by atoms with Gasteiger partial charge in [0.15, 0.2) is 5.17 Å². The highest BCUT2D eigenvalue weighted by Crippen LogP contribution is 2.67. The van der Waals surface area contributed by atoms with E-state index in [-0.39, 0.29) is 23.7 Å². The average Bonchev–Trinajstić information content (AvgIpc) is 3.49. The van der Waals surface area contributed by atoms with E-state index in [0.29, 0.717) is 23.1 Å². The maximum atomic E-state index is 15.3. The fourth-order valence-corrected chi connectivity index (χ4v) is 7.18. The standard InChI is InChI=1S/C28H43BrFN3O4SSi/c1-25(2,3)31-22(34)28-16-21(28)27(7,19-15-18(29)11-12-20(19)30)32-23(38-28)33(24(35)37-26(4,5)6)17-36-13-14-39(8,9)10/h11-12,15,21H,13-14,16-17H2,1-10H3,(H,31,34)/t21?,27-,28+/m1/s1. The fraction of sp³-hybridized carbons (Fsp3) is 0.679. The molecule has 0 spiro atoms. The third kappa shape index (κ3) is 7.86. The van der Waals surface area contributed by atoms with Crippen molar-refractivity contribution in [2.75, 3.05) is 13.3 Å². The molecule has 2 amide bonds. The van der Waals surface area contributed by atoms with Crippen LogP contribution in [0.1, 0.15) is 60.5 Å². The quantitative estimate of drug-likeness (QED) is 0.194. The van der Waals surface area contributed by atoms with Gasteiger partial charge in [-0.25, -0.2) is 14.1 Å². The zero-order valence-electron chi connectivity index (χ0n) is 24.8. The molecule has 0 bridgehead atoms.